The van der Waals surface area contributed by atoms with E-state index in [4.69, 9.17) is 10.5 Å². The molecule has 1 aromatic carbocycles. The topological polar surface area (TPSA) is 52.3 Å². The van der Waals surface area contributed by atoms with Gasteiger partial charge in [0.1, 0.15) is 5.75 Å². The van der Waals surface area contributed by atoms with E-state index in [0.717, 1.165) is 35.7 Å². The van der Waals surface area contributed by atoms with Crippen molar-refractivity contribution in [1.29, 1.82) is 0 Å². The molecule has 2 N–H and O–H groups in total. The van der Waals surface area contributed by atoms with Crippen LogP contribution in [0.2, 0.25) is 0 Å². The van der Waals surface area contributed by atoms with Gasteiger partial charge >= 0.3 is 0 Å². The van der Waals surface area contributed by atoms with Crippen LogP contribution in [0.4, 0.5) is 0 Å². The molecule has 108 valence electrons. The van der Waals surface area contributed by atoms with Crippen LogP contribution in [0.5, 0.6) is 5.75 Å². The molecular formula is C15H25NO2S. The summed E-state index contributed by atoms with van der Waals surface area (Å²) >= 11 is 0. The van der Waals surface area contributed by atoms with Crippen molar-refractivity contribution in [2.45, 2.75) is 33.2 Å². The number of hydrogen-bond donors (Lipinski definition) is 1. The van der Waals surface area contributed by atoms with Crippen LogP contribution in [-0.4, -0.2) is 22.3 Å². The summed E-state index contributed by atoms with van der Waals surface area (Å²) in [4.78, 5) is 0. The molecule has 2 atom stereocenters. The van der Waals surface area contributed by atoms with Gasteiger partial charge in [0.05, 0.1) is 6.61 Å². The lowest BCUT2D eigenvalue weighted by atomic mass is 10.2. The van der Waals surface area contributed by atoms with E-state index in [0.29, 0.717) is 19.1 Å². The minimum atomic E-state index is -0.709. The molecule has 3 nitrogen and oxygen atoms in total. The highest BCUT2D eigenvalue weighted by Gasteiger charge is 2.05. The minimum Gasteiger partial charge on any atom is -0.494 e. The highest BCUT2D eigenvalue weighted by molar-refractivity contribution is 7.84. The number of benzene rings is 1. The first-order chi connectivity index (χ1) is 9.15. The van der Waals surface area contributed by atoms with Crippen LogP contribution in [0.3, 0.4) is 0 Å². The Bertz CT molecular complexity index is 378. The van der Waals surface area contributed by atoms with E-state index in [9.17, 15) is 4.21 Å². The fraction of sp³-hybridized carbons (Fsp3) is 0.600. The molecule has 0 amide bonds. The Morgan fingerprint density at radius 1 is 1.32 bits per heavy atom. The van der Waals surface area contributed by atoms with Crippen molar-refractivity contribution in [3.05, 3.63) is 29.8 Å². The summed E-state index contributed by atoms with van der Waals surface area (Å²) in [6.07, 6.45) is 1.93. The first-order valence-corrected chi connectivity index (χ1v) is 8.41. The maximum absolute atomic E-state index is 11.7. The van der Waals surface area contributed by atoms with Crippen molar-refractivity contribution >= 4 is 10.8 Å². The van der Waals surface area contributed by atoms with Crippen molar-refractivity contribution in [3.63, 3.8) is 0 Å². The monoisotopic (exact) mass is 283 g/mol. The average Bonchev–Trinajstić information content (AvgIpc) is 2.44. The maximum Gasteiger partial charge on any atom is 0.119 e. The van der Waals surface area contributed by atoms with Gasteiger partial charge in [0, 0.05) is 28.9 Å². The second-order valence-electron chi connectivity index (χ2n) is 4.87. The van der Waals surface area contributed by atoms with Gasteiger partial charge in [0.25, 0.3) is 0 Å². The highest BCUT2D eigenvalue weighted by atomic mass is 32.2. The molecule has 0 aromatic heterocycles. The smallest absolute Gasteiger partial charge is 0.119 e. The van der Waals surface area contributed by atoms with Gasteiger partial charge in [0.2, 0.25) is 0 Å². The molecule has 0 aliphatic carbocycles. The predicted molar refractivity (Wildman–Crippen MR) is 81.8 cm³/mol. The van der Waals surface area contributed by atoms with Gasteiger partial charge in [-0.2, -0.15) is 0 Å². The van der Waals surface area contributed by atoms with Gasteiger partial charge < -0.3 is 10.5 Å². The van der Waals surface area contributed by atoms with Gasteiger partial charge in [-0.1, -0.05) is 32.4 Å². The van der Waals surface area contributed by atoms with Gasteiger partial charge in [-0.05, 0) is 30.0 Å². The third-order valence-corrected chi connectivity index (χ3v) is 4.80. The van der Waals surface area contributed by atoms with Crippen molar-refractivity contribution in [2.75, 3.05) is 18.1 Å². The van der Waals surface area contributed by atoms with E-state index < -0.39 is 10.8 Å². The predicted octanol–water partition coefficient (Wildman–Crippen LogP) is 2.71. The molecule has 0 saturated heterocycles. The molecule has 0 radical (unpaired) electrons. The van der Waals surface area contributed by atoms with Crippen molar-refractivity contribution in [3.8, 4) is 5.75 Å². The summed E-state index contributed by atoms with van der Waals surface area (Å²) in [6.45, 7) is 5.45. The third kappa shape index (κ3) is 6.73. The molecule has 0 heterocycles. The zero-order valence-corrected chi connectivity index (χ0v) is 12.7. The van der Waals surface area contributed by atoms with Crippen LogP contribution in [0, 0.1) is 5.92 Å². The molecule has 1 aromatic rings. The van der Waals surface area contributed by atoms with Crippen molar-refractivity contribution in [1.82, 2.24) is 0 Å². The molecule has 0 saturated carbocycles. The van der Waals surface area contributed by atoms with Gasteiger partial charge in [-0.3, -0.25) is 4.21 Å². The second-order valence-corrected chi connectivity index (χ2v) is 6.50. The lowest BCUT2D eigenvalue weighted by molar-refractivity contribution is 0.318. The number of rotatable bonds is 9. The second kappa shape index (κ2) is 9.10. The Hall–Kier alpha value is -0.870. The normalized spacial score (nSPS) is 14.1. The van der Waals surface area contributed by atoms with Crippen LogP contribution in [0.1, 0.15) is 32.3 Å². The third-order valence-electron chi connectivity index (χ3n) is 3.11. The number of hydrogen-bond acceptors (Lipinski definition) is 3. The average molecular weight is 283 g/mol. The Kier molecular flexibility index (Phi) is 7.75. The van der Waals surface area contributed by atoms with Crippen molar-refractivity contribution < 1.29 is 8.95 Å². The number of nitrogens with two attached hydrogens (primary N) is 1. The molecule has 0 bridgehead atoms. The lowest BCUT2D eigenvalue weighted by Gasteiger charge is -2.09. The maximum atomic E-state index is 11.7. The van der Waals surface area contributed by atoms with Crippen LogP contribution < -0.4 is 10.5 Å². The molecule has 0 fully saturated rings. The zero-order chi connectivity index (χ0) is 14.1. The van der Waals surface area contributed by atoms with Gasteiger partial charge in [-0.15, -0.1) is 0 Å². The van der Waals surface area contributed by atoms with E-state index >= 15 is 0 Å². The van der Waals surface area contributed by atoms with Crippen LogP contribution in [0.15, 0.2) is 24.3 Å². The quantitative estimate of drug-likeness (QED) is 0.709. The van der Waals surface area contributed by atoms with Crippen LogP contribution >= 0.6 is 0 Å². The molecule has 19 heavy (non-hydrogen) atoms. The highest BCUT2D eigenvalue weighted by Crippen LogP contribution is 2.12. The Balaban J connectivity index is 2.17. The summed E-state index contributed by atoms with van der Waals surface area (Å²) in [5, 5.41) is 0. The molecular weight excluding hydrogens is 258 g/mol. The fourth-order valence-electron chi connectivity index (χ4n) is 1.65. The van der Waals surface area contributed by atoms with E-state index in [1.807, 2.05) is 24.3 Å². The van der Waals surface area contributed by atoms with E-state index in [2.05, 4.69) is 13.8 Å². The molecule has 0 spiro atoms. The van der Waals surface area contributed by atoms with Crippen LogP contribution in [-0.2, 0) is 17.3 Å². The summed E-state index contributed by atoms with van der Waals surface area (Å²) in [6, 6.07) is 7.80. The SMILES string of the molecule is CCC(C)CS(=O)CCCOc1ccc(CN)cc1. The van der Waals surface area contributed by atoms with Crippen LogP contribution in [0.25, 0.3) is 0 Å². The first kappa shape index (κ1) is 16.2. The Morgan fingerprint density at radius 3 is 2.58 bits per heavy atom. The Labute approximate surface area is 119 Å². The van der Waals surface area contributed by atoms with Gasteiger partial charge in [-0.25, -0.2) is 0 Å². The molecule has 0 aliphatic rings. The molecule has 1 rings (SSSR count). The number of ether oxygens (including phenoxy) is 1. The Morgan fingerprint density at radius 2 is 2.00 bits per heavy atom. The van der Waals surface area contributed by atoms with E-state index in [-0.39, 0.29) is 0 Å². The minimum absolute atomic E-state index is 0.547. The zero-order valence-electron chi connectivity index (χ0n) is 11.9. The van der Waals surface area contributed by atoms with Crippen molar-refractivity contribution in [2.24, 2.45) is 11.7 Å². The molecule has 2 unspecified atom stereocenters. The van der Waals surface area contributed by atoms with E-state index in [1.165, 1.54) is 0 Å². The summed E-state index contributed by atoms with van der Waals surface area (Å²) in [5.74, 6) is 2.93. The summed E-state index contributed by atoms with van der Waals surface area (Å²) in [5.41, 5.74) is 6.63. The standard InChI is InChI=1S/C15H25NO2S/c1-3-13(2)12-19(17)10-4-9-18-15-7-5-14(11-16)6-8-15/h5-8,13H,3-4,9-12,16H2,1-2H3. The molecule has 4 heteroatoms. The summed E-state index contributed by atoms with van der Waals surface area (Å²) in [7, 11) is -0.709. The van der Waals surface area contributed by atoms with Gasteiger partial charge in [0.15, 0.2) is 0 Å². The fourth-order valence-corrected chi connectivity index (χ4v) is 3.13. The summed E-state index contributed by atoms with van der Waals surface area (Å²) < 4.78 is 17.4. The van der Waals surface area contributed by atoms with E-state index in [1.54, 1.807) is 0 Å². The molecule has 0 aliphatic heterocycles. The largest absolute Gasteiger partial charge is 0.494 e. The lowest BCUT2D eigenvalue weighted by Crippen LogP contribution is -2.12. The first-order valence-electron chi connectivity index (χ1n) is 6.92.